The molecule has 1 N–H and O–H groups in total. The van der Waals surface area contributed by atoms with Gasteiger partial charge in [-0.1, -0.05) is 5.16 Å². The van der Waals surface area contributed by atoms with Gasteiger partial charge in [0.2, 0.25) is 5.91 Å². The molecule has 0 spiro atoms. The fraction of sp³-hybridized carbons (Fsp3) is 0.273. The molecule has 170 valence electrons. The molecule has 0 bridgehead atoms. The van der Waals surface area contributed by atoms with Crippen LogP contribution in [-0.2, 0) is 9.53 Å². The molecule has 1 atom stereocenters. The molecule has 0 saturated carbocycles. The van der Waals surface area contributed by atoms with Gasteiger partial charge in [-0.3, -0.25) is 14.6 Å². The van der Waals surface area contributed by atoms with E-state index in [2.05, 4.69) is 15.5 Å². The van der Waals surface area contributed by atoms with Crippen LogP contribution in [0.5, 0.6) is 0 Å². The number of hydrogen-bond acceptors (Lipinski definition) is 7. The molecule has 5 rings (SSSR count). The number of amides is 2. The molecule has 11 heteroatoms. The standard InChI is InChI=1S/C22H19F2N5O4/c23-16-8-14(29-12-15(33-22(29)31)11-25-18-5-7-32-27-18)9-17(24)21(16)13-3-4-19(26-10-13)28-6-1-2-20(28)30/h3-5,7-10,15H,1-2,6,11-12H2,(H,25,27). The first-order valence-electron chi connectivity index (χ1n) is 10.4. The van der Waals surface area contributed by atoms with Crippen molar-refractivity contribution in [3.05, 3.63) is 54.4 Å². The molecule has 0 aliphatic carbocycles. The van der Waals surface area contributed by atoms with Crippen LogP contribution < -0.4 is 15.1 Å². The summed E-state index contributed by atoms with van der Waals surface area (Å²) < 4.78 is 39.8. The minimum absolute atomic E-state index is 0.0241. The zero-order chi connectivity index (χ0) is 22.9. The molecule has 9 nitrogen and oxygen atoms in total. The normalized spacial score (nSPS) is 18.2. The Morgan fingerprint density at radius 1 is 1.12 bits per heavy atom. The van der Waals surface area contributed by atoms with Gasteiger partial charge in [-0.25, -0.2) is 18.6 Å². The number of halogens is 2. The van der Waals surface area contributed by atoms with E-state index in [1.165, 1.54) is 23.4 Å². The maximum atomic E-state index is 14.9. The zero-order valence-corrected chi connectivity index (χ0v) is 17.3. The van der Waals surface area contributed by atoms with Gasteiger partial charge in [-0.05, 0) is 30.7 Å². The van der Waals surface area contributed by atoms with Gasteiger partial charge in [-0.15, -0.1) is 0 Å². The number of hydrogen-bond donors (Lipinski definition) is 1. The summed E-state index contributed by atoms with van der Waals surface area (Å²) in [6.45, 7) is 0.945. The Morgan fingerprint density at radius 3 is 2.58 bits per heavy atom. The number of pyridine rings is 1. The number of benzene rings is 1. The van der Waals surface area contributed by atoms with E-state index in [4.69, 9.17) is 9.26 Å². The summed E-state index contributed by atoms with van der Waals surface area (Å²) >= 11 is 0. The van der Waals surface area contributed by atoms with Gasteiger partial charge in [0.05, 0.1) is 24.3 Å². The lowest BCUT2D eigenvalue weighted by atomic mass is 10.1. The molecule has 2 aliphatic heterocycles. The second-order valence-electron chi connectivity index (χ2n) is 7.72. The van der Waals surface area contributed by atoms with Crippen molar-refractivity contribution < 1.29 is 27.6 Å². The third-order valence-corrected chi connectivity index (χ3v) is 5.55. The first-order valence-corrected chi connectivity index (χ1v) is 10.4. The number of carbonyl (C=O) groups excluding carboxylic acids is 2. The van der Waals surface area contributed by atoms with E-state index >= 15 is 0 Å². The maximum Gasteiger partial charge on any atom is 0.414 e. The summed E-state index contributed by atoms with van der Waals surface area (Å²) in [5, 5.41) is 6.65. The first kappa shape index (κ1) is 20.9. The smallest absolute Gasteiger partial charge is 0.414 e. The van der Waals surface area contributed by atoms with Gasteiger partial charge in [0.15, 0.2) is 5.82 Å². The minimum atomic E-state index is -0.839. The molecule has 3 aromatic rings. The second kappa shape index (κ2) is 8.49. The van der Waals surface area contributed by atoms with E-state index in [0.29, 0.717) is 24.6 Å². The van der Waals surface area contributed by atoms with Crippen molar-refractivity contribution in [2.24, 2.45) is 0 Å². The maximum absolute atomic E-state index is 14.9. The summed E-state index contributed by atoms with van der Waals surface area (Å²) in [5.74, 6) is -0.769. The van der Waals surface area contributed by atoms with Crippen LogP contribution in [0.2, 0.25) is 0 Å². The van der Waals surface area contributed by atoms with Crippen LogP contribution in [0.15, 0.2) is 47.3 Å². The van der Waals surface area contributed by atoms with Crippen LogP contribution in [0.3, 0.4) is 0 Å². The highest BCUT2D eigenvalue weighted by Gasteiger charge is 2.33. The average molecular weight is 455 g/mol. The Morgan fingerprint density at radius 2 is 1.94 bits per heavy atom. The molecule has 1 unspecified atom stereocenters. The van der Waals surface area contributed by atoms with E-state index in [1.807, 2.05) is 0 Å². The Labute approximate surface area is 186 Å². The molecule has 2 saturated heterocycles. The first-order chi connectivity index (χ1) is 16.0. The number of aromatic nitrogens is 2. The van der Waals surface area contributed by atoms with Gasteiger partial charge in [0.25, 0.3) is 0 Å². The highest BCUT2D eigenvalue weighted by Crippen LogP contribution is 2.32. The largest absolute Gasteiger partial charge is 0.442 e. The molecule has 2 aromatic heterocycles. The minimum Gasteiger partial charge on any atom is -0.442 e. The van der Waals surface area contributed by atoms with Crippen LogP contribution in [0, 0.1) is 11.6 Å². The van der Waals surface area contributed by atoms with Crippen LogP contribution in [-0.4, -0.2) is 47.9 Å². The summed E-state index contributed by atoms with van der Waals surface area (Å²) in [7, 11) is 0. The van der Waals surface area contributed by atoms with Crippen molar-refractivity contribution in [3.8, 4) is 11.1 Å². The van der Waals surface area contributed by atoms with Crippen LogP contribution in [0.4, 0.5) is 30.9 Å². The van der Waals surface area contributed by atoms with E-state index in [9.17, 15) is 18.4 Å². The Balaban J connectivity index is 1.32. The van der Waals surface area contributed by atoms with E-state index in [1.54, 1.807) is 17.0 Å². The molecule has 33 heavy (non-hydrogen) atoms. The van der Waals surface area contributed by atoms with Gasteiger partial charge in [-0.2, -0.15) is 0 Å². The lowest BCUT2D eigenvalue weighted by molar-refractivity contribution is -0.117. The molecular formula is C22H19F2N5O4. The topological polar surface area (TPSA) is 101 Å². The number of carbonyl (C=O) groups is 2. The molecule has 2 fully saturated rings. The molecule has 0 radical (unpaired) electrons. The van der Waals surface area contributed by atoms with E-state index in [-0.39, 0.29) is 35.8 Å². The van der Waals surface area contributed by atoms with E-state index in [0.717, 1.165) is 18.6 Å². The monoisotopic (exact) mass is 455 g/mol. The highest BCUT2D eigenvalue weighted by molar-refractivity contribution is 5.94. The average Bonchev–Trinajstić information content (AvgIpc) is 3.54. The lowest BCUT2D eigenvalue weighted by Gasteiger charge is -2.16. The van der Waals surface area contributed by atoms with Gasteiger partial charge in [0.1, 0.15) is 29.8 Å². The highest BCUT2D eigenvalue weighted by atomic mass is 19.1. The fourth-order valence-corrected chi connectivity index (χ4v) is 3.94. The van der Waals surface area contributed by atoms with Crippen LogP contribution in [0.1, 0.15) is 12.8 Å². The fourth-order valence-electron chi connectivity index (χ4n) is 3.94. The van der Waals surface area contributed by atoms with Crippen molar-refractivity contribution in [3.63, 3.8) is 0 Å². The number of ether oxygens (including phenoxy) is 1. The third kappa shape index (κ3) is 4.09. The third-order valence-electron chi connectivity index (χ3n) is 5.55. The van der Waals surface area contributed by atoms with Crippen LogP contribution >= 0.6 is 0 Å². The Kier molecular flexibility index (Phi) is 5.37. The number of nitrogens with zero attached hydrogens (tertiary/aromatic N) is 4. The van der Waals surface area contributed by atoms with Gasteiger partial charge < -0.3 is 14.6 Å². The summed E-state index contributed by atoms with van der Waals surface area (Å²) in [6.07, 6.45) is 2.71. The number of cyclic esters (lactones) is 1. The molecule has 1 aromatic carbocycles. The Hall–Kier alpha value is -4.02. The number of nitrogens with one attached hydrogen (secondary N) is 1. The van der Waals surface area contributed by atoms with Crippen molar-refractivity contribution >= 4 is 29.3 Å². The number of rotatable bonds is 6. The predicted octanol–water partition coefficient (Wildman–Crippen LogP) is 3.58. The Bertz CT molecular complexity index is 1160. The van der Waals surface area contributed by atoms with Crippen LogP contribution in [0.25, 0.3) is 11.1 Å². The van der Waals surface area contributed by atoms with Crippen molar-refractivity contribution in [1.82, 2.24) is 10.1 Å². The lowest BCUT2D eigenvalue weighted by Crippen LogP contribution is -2.27. The molecule has 4 heterocycles. The second-order valence-corrected chi connectivity index (χ2v) is 7.72. The SMILES string of the molecule is O=C1OC(CNc2ccon2)CN1c1cc(F)c(-c2ccc(N3CCCC3=O)nc2)c(F)c1. The molecule has 2 amide bonds. The zero-order valence-electron chi connectivity index (χ0n) is 17.3. The summed E-state index contributed by atoms with van der Waals surface area (Å²) in [5.41, 5.74) is 0.0166. The van der Waals surface area contributed by atoms with Crippen molar-refractivity contribution in [2.75, 3.05) is 34.8 Å². The molecular weight excluding hydrogens is 436 g/mol. The van der Waals surface area contributed by atoms with Gasteiger partial charge in [0, 0.05) is 30.8 Å². The predicted molar refractivity (Wildman–Crippen MR) is 114 cm³/mol. The summed E-state index contributed by atoms with van der Waals surface area (Å²) in [6, 6.07) is 6.87. The quantitative estimate of drug-likeness (QED) is 0.606. The van der Waals surface area contributed by atoms with Crippen molar-refractivity contribution in [2.45, 2.75) is 18.9 Å². The van der Waals surface area contributed by atoms with E-state index < -0.39 is 23.8 Å². The summed E-state index contributed by atoms with van der Waals surface area (Å²) in [4.78, 5) is 31.1. The van der Waals surface area contributed by atoms with Gasteiger partial charge >= 0.3 is 6.09 Å². The number of anilines is 3. The molecule has 2 aliphatic rings. The van der Waals surface area contributed by atoms with Crippen molar-refractivity contribution in [1.29, 1.82) is 0 Å².